The summed E-state index contributed by atoms with van der Waals surface area (Å²) >= 11 is 0. The molecule has 1 aromatic heterocycles. The second-order valence-electron chi connectivity index (χ2n) is 5.59. The van der Waals surface area contributed by atoms with E-state index in [4.69, 9.17) is 4.74 Å². The summed E-state index contributed by atoms with van der Waals surface area (Å²) in [7, 11) is -4.02. The van der Waals surface area contributed by atoms with Crippen molar-refractivity contribution in [3.05, 3.63) is 74.8 Å². The van der Waals surface area contributed by atoms with E-state index in [1.807, 2.05) is 6.07 Å². The molecule has 0 fully saturated rings. The molecule has 0 aliphatic heterocycles. The molecule has 27 heavy (non-hydrogen) atoms. The summed E-state index contributed by atoms with van der Waals surface area (Å²) in [5, 5.41) is 0. The van der Waals surface area contributed by atoms with E-state index in [0.29, 0.717) is 0 Å². The summed E-state index contributed by atoms with van der Waals surface area (Å²) < 4.78 is 31.8. The van der Waals surface area contributed by atoms with E-state index in [9.17, 15) is 22.8 Å². The minimum Gasteiger partial charge on any atom is -0.460 e. The lowest BCUT2D eigenvalue weighted by Gasteiger charge is -2.08. The van der Waals surface area contributed by atoms with Gasteiger partial charge in [-0.25, -0.2) is 8.42 Å². The maximum absolute atomic E-state index is 12.3. The molecule has 0 saturated heterocycles. The first-order valence-electron chi connectivity index (χ1n) is 7.81. The molecule has 0 radical (unpaired) electrons. The molecule has 10 heteroatoms. The number of esters is 1. The highest BCUT2D eigenvalue weighted by molar-refractivity contribution is 7.89. The van der Waals surface area contributed by atoms with Gasteiger partial charge in [0.15, 0.2) is 0 Å². The molecule has 0 aliphatic rings. The number of fused-ring (bicyclic) bond motifs is 1. The van der Waals surface area contributed by atoms with Crippen molar-refractivity contribution >= 4 is 27.0 Å². The van der Waals surface area contributed by atoms with E-state index >= 15 is 0 Å². The molecule has 0 aliphatic carbocycles. The zero-order valence-corrected chi connectivity index (χ0v) is 14.7. The first-order chi connectivity index (χ1) is 12.8. The molecule has 0 saturated carbocycles. The minimum atomic E-state index is -4.02. The van der Waals surface area contributed by atoms with Crippen LogP contribution in [0.5, 0.6) is 0 Å². The molecule has 0 amide bonds. The Hall–Kier alpha value is -3.24. The van der Waals surface area contributed by atoms with Crippen molar-refractivity contribution in [1.29, 1.82) is 0 Å². The van der Waals surface area contributed by atoms with Crippen LogP contribution in [0.25, 0.3) is 11.0 Å². The lowest BCUT2D eigenvalue weighted by atomic mass is 10.2. The number of H-pyrrole nitrogens is 2. The van der Waals surface area contributed by atoms with E-state index in [1.54, 1.807) is 24.3 Å². The van der Waals surface area contributed by atoms with Crippen LogP contribution in [0.4, 0.5) is 0 Å². The average molecular weight is 389 g/mol. The standard InChI is InChI=1S/C17H15N3O6S/c21-15(26-10-11-4-2-1-3-5-11)9-18-27(24,25)12-6-7-13-14(8-12)20-17(23)16(22)19-13/h1-8,18H,9-10H2,(H,19,22)(H,20,23). The molecule has 0 atom stereocenters. The summed E-state index contributed by atoms with van der Waals surface area (Å²) in [5.41, 5.74) is -0.525. The SMILES string of the molecule is O=C(CNS(=O)(=O)c1ccc2[nH]c(=O)c(=O)[nH]c2c1)OCc1ccccc1. The van der Waals surface area contributed by atoms with Crippen molar-refractivity contribution in [2.75, 3.05) is 6.54 Å². The minimum absolute atomic E-state index is 0.0337. The highest BCUT2D eigenvalue weighted by Gasteiger charge is 2.17. The van der Waals surface area contributed by atoms with Gasteiger partial charge in [-0.3, -0.25) is 14.4 Å². The predicted octanol–water partition coefficient (Wildman–Crippen LogP) is 0.238. The van der Waals surface area contributed by atoms with Gasteiger partial charge in [0.1, 0.15) is 13.2 Å². The van der Waals surface area contributed by atoms with E-state index in [1.165, 1.54) is 18.2 Å². The fourth-order valence-electron chi connectivity index (χ4n) is 2.29. The first kappa shape index (κ1) is 18.5. The molecule has 3 rings (SSSR count). The summed E-state index contributed by atoms with van der Waals surface area (Å²) in [6.45, 7) is -0.513. The summed E-state index contributed by atoms with van der Waals surface area (Å²) in [5.74, 6) is -0.735. The van der Waals surface area contributed by atoms with Crippen molar-refractivity contribution in [1.82, 2.24) is 14.7 Å². The molecule has 1 heterocycles. The number of carbonyl (C=O) groups is 1. The number of aromatic amines is 2. The highest BCUT2D eigenvalue weighted by atomic mass is 32.2. The van der Waals surface area contributed by atoms with Crippen LogP contribution in [0.15, 0.2) is 63.0 Å². The maximum Gasteiger partial charge on any atom is 0.321 e. The number of nitrogens with one attached hydrogen (secondary N) is 3. The summed E-state index contributed by atoms with van der Waals surface area (Å²) in [4.78, 5) is 38.8. The second-order valence-corrected chi connectivity index (χ2v) is 7.35. The Bertz CT molecular complexity index is 1200. The van der Waals surface area contributed by atoms with E-state index in [0.717, 1.165) is 5.56 Å². The van der Waals surface area contributed by atoms with Gasteiger partial charge in [0.05, 0.1) is 15.9 Å². The van der Waals surface area contributed by atoms with Gasteiger partial charge in [0.2, 0.25) is 10.0 Å². The van der Waals surface area contributed by atoms with Crippen LogP contribution in [0.1, 0.15) is 5.56 Å². The van der Waals surface area contributed by atoms with Crippen LogP contribution in [-0.2, 0) is 26.2 Å². The fraction of sp³-hybridized carbons (Fsp3) is 0.118. The monoisotopic (exact) mass is 389 g/mol. The van der Waals surface area contributed by atoms with Crippen LogP contribution in [0, 0.1) is 0 Å². The number of hydrogen-bond donors (Lipinski definition) is 3. The van der Waals surface area contributed by atoms with Crippen LogP contribution in [0.2, 0.25) is 0 Å². The number of sulfonamides is 1. The van der Waals surface area contributed by atoms with Gasteiger partial charge in [-0.2, -0.15) is 4.72 Å². The Labute approximate surface area is 153 Å². The Morgan fingerprint density at radius 1 is 0.963 bits per heavy atom. The zero-order valence-electron chi connectivity index (χ0n) is 13.9. The van der Waals surface area contributed by atoms with Gasteiger partial charge < -0.3 is 14.7 Å². The molecule has 9 nitrogen and oxygen atoms in total. The fourth-order valence-corrected chi connectivity index (χ4v) is 3.28. The van der Waals surface area contributed by atoms with E-state index < -0.39 is 33.7 Å². The van der Waals surface area contributed by atoms with Gasteiger partial charge in [-0.05, 0) is 23.8 Å². The maximum atomic E-state index is 12.3. The second kappa shape index (κ2) is 7.56. The summed E-state index contributed by atoms with van der Waals surface area (Å²) in [6, 6.07) is 12.7. The van der Waals surface area contributed by atoms with Gasteiger partial charge in [-0.15, -0.1) is 0 Å². The molecule has 140 valence electrons. The molecular weight excluding hydrogens is 374 g/mol. The third-order valence-electron chi connectivity index (χ3n) is 3.65. The van der Waals surface area contributed by atoms with Crippen LogP contribution >= 0.6 is 0 Å². The third-order valence-corrected chi connectivity index (χ3v) is 5.05. The molecule has 0 unspecified atom stereocenters. The highest BCUT2D eigenvalue weighted by Crippen LogP contribution is 2.14. The Morgan fingerprint density at radius 3 is 2.33 bits per heavy atom. The van der Waals surface area contributed by atoms with Gasteiger partial charge >= 0.3 is 17.1 Å². The van der Waals surface area contributed by atoms with Crippen molar-refractivity contribution in [2.45, 2.75) is 11.5 Å². The van der Waals surface area contributed by atoms with Crippen LogP contribution in [0.3, 0.4) is 0 Å². The number of hydrogen-bond acceptors (Lipinski definition) is 6. The Balaban J connectivity index is 1.68. The van der Waals surface area contributed by atoms with Gasteiger partial charge in [-0.1, -0.05) is 30.3 Å². The van der Waals surface area contributed by atoms with E-state index in [2.05, 4.69) is 14.7 Å². The normalized spacial score (nSPS) is 11.4. The van der Waals surface area contributed by atoms with Crippen molar-refractivity contribution in [3.63, 3.8) is 0 Å². The number of ether oxygens (including phenoxy) is 1. The number of aromatic nitrogens is 2. The van der Waals surface area contributed by atoms with Gasteiger partial charge in [0, 0.05) is 0 Å². The topological polar surface area (TPSA) is 138 Å². The van der Waals surface area contributed by atoms with Crippen LogP contribution < -0.4 is 15.8 Å². The quantitative estimate of drug-likeness (QED) is 0.408. The number of carbonyl (C=O) groups excluding carboxylic acids is 1. The lowest BCUT2D eigenvalue weighted by molar-refractivity contribution is -0.143. The Kier molecular flexibility index (Phi) is 5.19. The number of benzene rings is 2. The number of rotatable bonds is 6. The predicted molar refractivity (Wildman–Crippen MR) is 96.6 cm³/mol. The average Bonchev–Trinajstić information content (AvgIpc) is 2.66. The van der Waals surface area contributed by atoms with Crippen molar-refractivity contribution < 1.29 is 17.9 Å². The van der Waals surface area contributed by atoms with Crippen LogP contribution in [-0.4, -0.2) is 30.9 Å². The Morgan fingerprint density at radius 2 is 1.63 bits per heavy atom. The van der Waals surface area contributed by atoms with Crippen molar-refractivity contribution in [2.24, 2.45) is 0 Å². The van der Waals surface area contributed by atoms with E-state index in [-0.39, 0.29) is 22.5 Å². The van der Waals surface area contributed by atoms with Gasteiger partial charge in [0.25, 0.3) is 0 Å². The third kappa shape index (κ3) is 4.49. The molecule has 0 bridgehead atoms. The zero-order chi connectivity index (χ0) is 19.4. The molecule has 3 aromatic rings. The lowest BCUT2D eigenvalue weighted by Crippen LogP contribution is -2.31. The molecule has 0 spiro atoms. The summed E-state index contributed by atoms with van der Waals surface area (Å²) in [6.07, 6.45) is 0. The van der Waals surface area contributed by atoms with Crippen molar-refractivity contribution in [3.8, 4) is 0 Å². The molecule has 2 aromatic carbocycles. The molecular formula is C17H15N3O6S. The smallest absolute Gasteiger partial charge is 0.321 e. The largest absolute Gasteiger partial charge is 0.460 e. The molecule has 3 N–H and O–H groups in total. The first-order valence-corrected chi connectivity index (χ1v) is 9.29.